The summed E-state index contributed by atoms with van der Waals surface area (Å²) in [5, 5.41) is 6.37. The third kappa shape index (κ3) is 4.49. The van der Waals surface area contributed by atoms with E-state index in [-0.39, 0.29) is 5.82 Å². The fourth-order valence-electron chi connectivity index (χ4n) is 4.17. The van der Waals surface area contributed by atoms with Crippen molar-refractivity contribution in [2.45, 2.75) is 26.8 Å². The molecule has 4 heterocycles. The number of pyridine rings is 1. The highest BCUT2D eigenvalue weighted by molar-refractivity contribution is 5.99. The van der Waals surface area contributed by atoms with E-state index in [0.717, 1.165) is 54.2 Å². The Labute approximate surface area is 191 Å². The van der Waals surface area contributed by atoms with Gasteiger partial charge in [0.1, 0.15) is 11.0 Å². The number of anilines is 2. The van der Waals surface area contributed by atoms with Crippen LogP contribution in [-0.4, -0.2) is 58.4 Å². The van der Waals surface area contributed by atoms with Crippen LogP contribution in [-0.2, 0) is 0 Å². The second-order valence-corrected chi connectivity index (χ2v) is 8.16. The number of hydrogen-bond donors (Lipinski definition) is 2. The van der Waals surface area contributed by atoms with Gasteiger partial charge >= 0.3 is 0 Å². The summed E-state index contributed by atoms with van der Waals surface area (Å²) in [6.07, 6.45) is 5.96. The lowest BCUT2D eigenvalue weighted by Gasteiger charge is -2.34. The molecule has 5 rings (SSSR count). The van der Waals surface area contributed by atoms with Gasteiger partial charge in [-0.3, -0.25) is 19.2 Å². The van der Waals surface area contributed by atoms with Crippen molar-refractivity contribution in [3.8, 4) is 0 Å². The summed E-state index contributed by atoms with van der Waals surface area (Å²) in [5.74, 6) is -0.298. The maximum absolute atomic E-state index is 13.5. The molecule has 8 nitrogen and oxygen atoms in total. The number of benzene rings is 1. The Morgan fingerprint density at radius 1 is 1.21 bits per heavy atom. The number of carbonyl (C=O) groups excluding carboxylic acids is 1. The minimum absolute atomic E-state index is 0.298. The first kappa shape index (κ1) is 22.6. The van der Waals surface area contributed by atoms with E-state index < -0.39 is 0 Å². The van der Waals surface area contributed by atoms with Crippen LogP contribution >= 0.6 is 0 Å². The standard InChI is InChI=1S/C14H16N4O.C10H12FN3/c1-10-8-18(7-6-15-10)12-3-2-11(9-19)13-14(12)17-5-4-16-13;1-6-5-14-7(2)9(12-3)4-8(11)10(14)13-6/h2-5,9-10,15H,6-8H2,1H3;4-5,12H,1-3H3. The van der Waals surface area contributed by atoms with Gasteiger partial charge in [-0.25, -0.2) is 9.37 Å². The summed E-state index contributed by atoms with van der Waals surface area (Å²) in [4.78, 5) is 26.2. The van der Waals surface area contributed by atoms with Gasteiger partial charge in [0.25, 0.3) is 0 Å². The van der Waals surface area contributed by atoms with Crippen molar-refractivity contribution < 1.29 is 9.18 Å². The van der Waals surface area contributed by atoms with Crippen LogP contribution in [0, 0.1) is 19.7 Å². The molecule has 0 saturated carbocycles. The van der Waals surface area contributed by atoms with Crippen molar-refractivity contribution >= 4 is 34.3 Å². The first-order valence-corrected chi connectivity index (χ1v) is 10.9. The molecular weight excluding hydrogens is 421 g/mol. The maximum Gasteiger partial charge on any atom is 0.173 e. The molecule has 33 heavy (non-hydrogen) atoms. The van der Waals surface area contributed by atoms with Crippen LogP contribution in [0.4, 0.5) is 15.8 Å². The average molecular weight is 450 g/mol. The second kappa shape index (κ2) is 9.50. The van der Waals surface area contributed by atoms with E-state index >= 15 is 0 Å². The molecule has 0 radical (unpaired) electrons. The van der Waals surface area contributed by atoms with E-state index in [9.17, 15) is 9.18 Å². The van der Waals surface area contributed by atoms with Crippen LogP contribution < -0.4 is 15.5 Å². The minimum Gasteiger partial charge on any atom is -0.387 e. The predicted octanol–water partition coefficient (Wildman–Crippen LogP) is 3.37. The van der Waals surface area contributed by atoms with Gasteiger partial charge < -0.3 is 15.5 Å². The van der Waals surface area contributed by atoms with Crippen molar-refractivity contribution in [2.24, 2.45) is 0 Å². The molecule has 0 bridgehead atoms. The molecule has 1 unspecified atom stereocenters. The highest BCUT2D eigenvalue weighted by Crippen LogP contribution is 2.26. The van der Waals surface area contributed by atoms with Crippen LogP contribution in [0.2, 0.25) is 0 Å². The Hall–Kier alpha value is -3.59. The highest BCUT2D eigenvalue weighted by Gasteiger charge is 2.19. The second-order valence-electron chi connectivity index (χ2n) is 8.16. The van der Waals surface area contributed by atoms with Crippen molar-refractivity contribution in [1.82, 2.24) is 24.7 Å². The van der Waals surface area contributed by atoms with Gasteiger partial charge in [-0.1, -0.05) is 0 Å². The lowest BCUT2D eigenvalue weighted by atomic mass is 10.1. The van der Waals surface area contributed by atoms with Crippen molar-refractivity contribution in [3.63, 3.8) is 0 Å². The lowest BCUT2D eigenvalue weighted by Crippen LogP contribution is -2.49. The van der Waals surface area contributed by atoms with Gasteiger partial charge in [0, 0.05) is 68.6 Å². The van der Waals surface area contributed by atoms with Crippen LogP contribution in [0.3, 0.4) is 0 Å². The molecule has 0 spiro atoms. The molecule has 4 aromatic rings. The average Bonchev–Trinajstić information content (AvgIpc) is 3.23. The molecule has 0 aliphatic carbocycles. The van der Waals surface area contributed by atoms with E-state index in [0.29, 0.717) is 22.8 Å². The molecule has 3 aromatic heterocycles. The molecule has 0 amide bonds. The monoisotopic (exact) mass is 449 g/mol. The quantitative estimate of drug-likeness (QED) is 0.464. The van der Waals surface area contributed by atoms with Crippen LogP contribution in [0.15, 0.2) is 36.8 Å². The molecule has 1 saturated heterocycles. The number of aromatic nitrogens is 4. The number of aldehydes is 1. The smallest absolute Gasteiger partial charge is 0.173 e. The van der Waals surface area contributed by atoms with E-state index in [4.69, 9.17) is 0 Å². The molecule has 1 aromatic carbocycles. The third-order valence-electron chi connectivity index (χ3n) is 5.80. The van der Waals surface area contributed by atoms with Crippen LogP contribution in [0.1, 0.15) is 28.7 Å². The molecule has 1 atom stereocenters. The van der Waals surface area contributed by atoms with E-state index in [2.05, 4.69) is 37.4 Å². The number of hydrogen-bond acceptors (Lipinski definition) is 7. The summed E-state index contributed by atoms with van der Waals surface area (Å²) in [6, 6.07) is 5.72. The van der Waals surface area contributed by atoms with Crippen LogP contribution in [0.5, 0.6) is 0 Å². The summed E-state index contributed by atoms with van der Waals surface area (Å²) in [6.45, 7) is 8.78. The van der Waals surface area contributed by atoms with Crippen molar-refractivity contribution in [1.29, 1.82) is 0 Å². The van der Waals surface area contributed by atoms with E-state index in [1.54, 1.807) is 23.8 Å². The Bertz CT molecular complexity index is 1300. The number of imidazole rings is 1. The molecule has 1 aliphatic heterocycles. The molecular formula is C24H28FN7O. The number of nitrogens with one attached hydrogen (secondary N) is 2. The third-order valence-corrected chi connectivity index (χ3v) is 5.80. The number of aryl methyl sites for hydroxylation is 2. The molecule has 1 aliphatic rings. The topological polar surface area (TPSA) is 87.5 Å². The SMILES string of the molecule is CC1CN(c2ccc(C=O)c3nccnc23)CCN1.CNc1cc(F)c2nc(C)cn2c1C. The normalized spacial score (nSPS) is 15.9. The molecule has 172 valence electrons. The molecule has 1 fully saturated rings. The first-order chi connectivity index (χ1) is 15.9. The maximum atomic E-state index is 13.5. The van der Waals surface area contributed by atoms with Gasteiger partial charge in [-0.15, -0.1) is 0 Å². The number of carbonyl (C=O) groups is 1. The number of rotatable bonds is 3. The largest absolute Gasteiger partial charge is 0.387 e. The van der Waals surface area contributed by atoms with Gasteiger partial charge in [0.15, 0.2) is 17.8 Å². The fourth-order valence-corrected chi connectivity index (χ4v) is 4.17. The zero-order valence-corrected chi connectivity index (χ0v) is 19.3. The van der Waals surface area contributed by atoms with Gasteiger partial charge in [-0.2, -0.15) is 0 Å². The number of piperazine rings is 1. The Morgan fingerprint density at radius 3 is 2.67 bits per heavy atom. The summed E-state index contributed by atoms with van der Waals surface area (Å²) in [7, 11) is 1.78. The van der Waals surface area contributed by atoms with Crippen molar-refractivity contribution in [3.05, 3.63) is 59.6 Å². The molecule has 2 N–H and O–H groups in total. The Balaban J connectivity index is 0.000000165. The molecule has 9 heteroatoms. The number of nitrogens with zero attached hydrogens (tertiary/aromatic N) is 5. The lowest BCUT2D eigenvalue weighted by molar-refractivity contribution is 0.112. The zero-order chi connectivity index (χ0) is 23.5. The van der Waals surface area contributed by atoms with Gasteiger partial charge in [0.2, 0.25) is 0 Å². The highest BCUT2D eigenvalue weighted by atomic mass is 19.1. The number of fused-ring (bicyclic) bond motifs is 2. The predicted molar refractivity (Wildman–Crippen MR) is 129 cm³/mol. The number of halogens is 1. The summed E-state index contributed by atoms with van der Waals surface area (Å²) >= 11 is 0. The van der Waals surface area contributed by atoms with Crippen molar-refractivity contribution in [2.75, 3.05) is 36.9 Å². The van der Waals surface area contributed by atoms with E-state index in [1.807, 2.05) is 32.2 Å². The fraction of sp³-hybridized carbons (Fsp3) is 0.333. The Kier molecular flexibility index (Phi) is 6.50. The van der Waals surface area contributed by atoms with Gasteiger partial charge in [0.05, 0.1) is 17.1 Å². The van der Waals surface area contributed by atoms with E-state index in [1.165, 1.54) is 6.07 Å². The Morgan fingerprint density at radius 2 is 1.97 bits per heavy atom. The first-order valence-electron chi connectivity index (χ1n) is 10.9. The van der Waals surface area contributed by atoms with Crippen LogP contribution in [0.25, 0.3) is 16.7 Å². The summed E-state index contributed by atoms with van der Waals surface area (Å²) in [5.41, 5.74) is 6.09. The van der Waals surface area contributed by atoms with Gasteiger partial charge in [-0.05, 0) is 32.9 Å². The zero-order valence-electron chi connectivity index (χ0n) is 19.3. The minimum atomic E-state index is -0.298. The summed E-state index contributed by atoms with van der Waals surface area (Å²) < 4.78 is 15.3.